The van der Waals surface area contributed by atoms with Crippen molar-refractivity contribution in [2.45, 2.75) is 19.4 Å². The topological polar surface area (TPSA) is 58.4 Å². The summed E-state index contributed by atoms with van der Waals surface area (Å²) in [5.41, 5.74) is 1.49. The number of benzene rings is 1. The number of nitrogens with zero attached hydrogens (tertiary/aromatic N) is 2. The van der Waals surface area contributed by atoms with Crippen LogP contribution >= 0.6 is 0 Å². The van der Waals surface area contributed by atoms with Gasteiger partial charge in [-0.2, -0.15) is 0 Å². The Labute approximate surface area is 112 Å². The fourth-order valence-electron chi connectivity index (χ4n) is 3.37. The Balaban J connectivity index is 1.71. The lowest BCUT2D eigenvalue weighted by Gasteiger charge is -2.22. The van der Waals surface area contributed by atoms with Gasteiger partial charge in [-0.3, -0.25) is 15.0 Å². The monoisotopic (exact) mass is 261 g/mol. The highest BCUT2D eigenvalue weighted by atomic mass is 16.6. The molecule has 5 nitrogen and oxygen atoms in total. The minimum Gasteiger partial charge on any atom is -0.316 e. The molecule has 2 aliphatic heterocycles. The van der Waals surface area contributed by atoms with E-state index in [1.807, 2.05) is 12.1 Å². The molecule has 2 heterocycles. The second-order valence-electron chi connectivity index (χ2n) is 5.77. The summed E-state index contributed by atoms with van der Waals surface area (Å²) in [5, 5.41) is 14.5. The summed E-state index contributed by atoms with van der Waals surface area (Å²) in [5.74, 6) is 0. The number of para-hydroxylation sites is 1. The standard InChI is InChI=1S/C14H19N3O2/c18-17(19)13-4-2-1-3-12(13)9-16-8-6-14(11-16)5-7-15-10-14/h1-4,15H,5-11H2. The molecule has 102 valence electrons. The molecule has 1 aromatic carbocycles. The predicted molar refractivity (Wildman–Crippen MR) is 72.9 cm³/mol. The number of likely N-dealkylation sites (tertiary alicyclic amines) is 1. The molecule has 0 saturated carbocycles. The van der Waals surface area contributed by atoms with Crippen molar-refractivity contribution < 1.29 is 4.92 Å². The third kappa shape index (κ3) is 2.48. The number of rotatable bonds is 3. The maximum atomic E-state index is 11.0. The first-order valence-corrected chi connectivity index (χ1v) is 6.84. The molecule has 1 spiro atoms. The first-order valence-electron chi connectivity index (χ1n) is 6.84. The Bertz CT molecular complexity index is 483. The van der Waals surface area contributed by atoms with E-state index in [1.165, 1.54) is 12.8 Å². The Hall–Kier alpha value is -1.46. The zero-order chi connectivity index (χ0) is 13.3. The molecule has 1 atom stereocenters. The summed E-state index contributed by atoms with van der Waals surface area (Å²) >= 11 is 0. The highest BCUT2D eigenvalue weighted by molar-refractivity contribution is 5.39. The SMILES string of the molecule is O=[N+]([O-])c1ccccc1CN1CCC2(CCNC2)C1. The summed E-state index contributed by atoms with van der Waals surface area (Å²) in [4.78, 5) is 13.1. The Morgan fingerprint density at radius 2 is 2.21 bits per heavy atom. The summed E-state index contributed by atoms with van der Waals surface area (Å²) < 4.78 is 0. The van der Waals surface area contributed by atoms with E-state index < -0.39 is 0 Å². The Kier molecular flexibility index (Phi) is 3.24. The summed E-state index contributed by atoms with van der Waals surface area (Å²) in [6.45, 7) is 5.01. The number of hydrogen-bond acceptors (Lipinski definition) is 4. The van der Waals surface area contributed by atoms with E-state index in [0.29, 0.717) is 12.0 Å². The quantitative estimate of drug-likeness (QED) is 0.665. The van der Waals surface area contributed by atoms with E-state index >= 15 is 0 Å². The predicted octanol–water partition coefficient (Wildman–Crippen LogP) is 1.78. The number of nitro groups is 1. The lowest BCUT2D eigenvalue weighted by atomic mass is 9.86. The zero-order valence-corrected chi connectivity index (χ0v) is 11.0. The normalized spacial score (nSPS) is 27.2. The molecule has 0 bridgehead atoms. The molecule has 0 aliphatic carbocycles. The fraction of sp³-hybridized carbons (Fsp3) is 0.571. The molecule has 5 heteroatoms. The number of nitro benzene ring substituents is 1. The molecule has 0 aromatic heterocycles. The second-order valence-corrected chi connectivity index (χ2v) is 5.77. The van der Waals surface area contributed by atoms with Crippen LogP contribution in [0, 0.1) is 15.5 Å². The maximum absolute atomic E-state index is 11.0. The van der Waals surface area contributed by atoms with Crippen molar-refractivity contribution in [3.63, 3.8) is 0 Å². The van der Waals surface area contributed by atoms with Gasteiger partial charge in [-0.1, -0.05) is 18.2 Å². The van der Waals surface area contributed by atoms with Crippen molar-refractivity contribution in [1.29, 1.82) is 0 Å². The van der Waals surface area contributed by atoms with Crippen molar-refractivity contribution in [2.24, 2.45) is 5.41 Å². The van der Waals surface area contributed by atoms with E-state index in [1.54, 1.807) is 12.1 Å². The van der Waals surface area contributed by atoms with Crippen LogP contribution in [0.2, 0.25) is 0 Å². The van der Waals surface area contributed by atoms with E-state index in [-0.39, 0.29) is 10.6 Å². The van der Waals surface area contributed by atoms with Gasteiger partial charge in [-0.15, -0.1) is 0 Å². The molecule has 19 heavy (non-hydrogen) atoms. The van der Waals surface area contributed by atoms with Crippen LogP contribution in [-0.4, -0.2) is 36.0 Å². The molecule has 2 aliphatic rings. The molecule has 3 rings (SSSR count). The Morgan fingerprint density at radius 1 is 1.37 bits per heavy atom. The van der Waals surface area contributed by atoms with Crippen LogP contribution in [0.1, 0.15) is 18.4 Å². The average Bonchev–Trinajstić information content (AvgIpc) is 3.01. The van der Waals surface area contributed by atoms with Gasteiger partial charge in [-0.25, -0.2) is 0 Å². The third-order valence-corrected chi connectivity index (χ3v) is 4.43. The first-order chi connectivity index (χ1) is 9.19. The largest absolute Gasteiger partial charge is 0.316 e. The van der Waals surface area contributed by atoms with Crippen LogP contribution in [0.25, 0.3) is 0 Å². The molecular formula is C14H19N3O2. The van der Waals surface area contributed by atoms with Crippen molar-refractivity contribution in [3.8, 4) is 0 Å². The fourth-order valence-corrected chi connectivity index (χ4v) is 3.37. The van der Waals surface area contributed by atoms with Crippen LogP contribution in [0.15, 0.2) is 24.3 Å². The van der Waals surface area contributed by atoms with E-state index in [0.717, 1.165) is 31.7 Å². The maximum Gasteiger partial charge on any atom is 0.273 e. The van der Waals surface area contributed by atoms with Gasteiger partial charge in [0.1, 0.15) is 0 Å². The molecule has 0 radical (unpaired) electrons. The van der Waals surface area contributed by atoms with Crippen LogP contribution in [-0.2, 0) is 6.54 Å². The smallest absolute Gasteiger partial charge is 0.273 e. The van der Waals surface area contributed by atoms with Gasteiger partial charge >= 0.3 is 0 Å². The highest BCUT2D eigenvalue weighted by Gasteiger charge is 2.40. The minimum absolute atomic E-state index is 0.244. The molecule has 1 aromatic rings. The average molecular weight is 261 g/mol. The van der Waals surface area contributed by atoms with Crippen molar-refractivity contribution in [3.05, 3.63) is 39.9 Å². The van der Waals surface area contributed by atoms with Gasteiger partial charge in [0.2, 0.25) is 0 Å². The van der Waals surface area contributed by atoms with Crippen LogP contribution < -0.4 is 5.32 Å². The Morgan fingerprint density at radius 3 is 2.95 bits per heavy atom. The molecular weight excluding hydrogens is 242 g/mol. The minimum atomic E-state index is -0.279. The zero-order valence-electron chi connectivity index (χ0n) is 11.0. The number of nitrogens with one attached hydrogen (secondary N) is 1. The molecule has 1 N–H and O–H groups in total. The van der Waals surface area contributed by atoms with Crippen LogP contribution in [0.4, 0.5) is 5.69 Å². The molecule has 2 saturated heterocycles. The summed E-state index contributed by atoms with van der Waals surface area (Å²) in [6, 6.07) is 7.08. The van der Waals surface area contributed by atoms with Gasteiger partial charge in [-0.05, 0) is 31.3 Å². The lowest BCUT2D eigenvalue weighted by Crippen LogP contribution is -2.29. The van der Waals surface area contributed by atoms with Gasteiger partial charge in [0.15, 0.2) is 0 Å². The van der Waals surface area contributed by atoms with E-state index in [9.17, 15) is 10.1 Å². The van der Waals surface area contributed by atoms with Crippen molar-refractivity contribution in [1.82, 2.24) is 10.2 Å². The van der Waals surface area contributed by atoms with Crippen molar-refractivity contribution in [2.75, 3.05) is 26.2 Å². The van der Waals surface area contributed by atoms with Gasteiger partial charge in [0, 0.05) is 31.3 Å². The highest BCUT2D eigenvalue weighted by Crippen LogP contribution is 2.37. The second kappa shape index (κ2) is 4.90. The molecule has 1 unspecified atom stereocenters. The first kappa shape index (κ1) is 12.6. The van der Waals surface area contributed by atoms with E-state index in [2.05, 4.69) is 10.2 Å². The van der Waals surface area contributed by atoms with Gasteiger partial charge in [0.25, 0.3) is 5.69 Å². The molecule has 2 fully saturated rings. The van der Waals surface area contributed by atoms with E-state index in [4.69, 9.17) is 0 Å². The third-order valence-electron chi connectivity index (χ3n) is 4.43. The summed E-state index contributed by atoms with van der Waals surface area (Å²) in [6.07, 6.45) is 2.45. The van der Waals surface area contributed by atoms with Gasteiger partial charge in [0.05, 0.1) is 4.92 Å². The van der Waals surface area contributed by atoms with Crippen LogP contribution in [0.5, 0.6) is 0 Å². The van der Waals surface area contributed by atoms with Crippen LogP contribution in [0.3, 0.4) is 0 Å². The lowest BCUT2D eigenvalue weighted by molar-refractivity contribution is -0.385. The summed E-state index contributed by atoms with van der Waals surface area (Å²) in [7, 11) is 0. The number of hydrogen-bond donors (Lipinski definition) is 1. The van der Waals surface area contributed by atoms with Gasteiger partial charge < -0.3 is 5.32 Å². The van der Waals surface area contributed by atoms with Crippen molar-refractivity contribution >= 4 is 5.69 Å². The molecule has 0 amide bonds.